The zero-order chi connectivity index (χ0) is 22.5. The molecule has 1 aromatic heterocycles. The number of aromatic amines is 1. The Labute approximate surface area is 199 Å². The van der Waals surface area contributed by atoms with Crippen LogP contribution < -0.4 is 0 Å². The summed E-state index contributed by atoms with van der Waals surface area (Å²) in [7, 11) is 0. The molecule has 0 saturated heterocycles. The lowest BCUT2D eigenvalue weighted by atomic mass is 9.63. The van der Waals surface area contributed by atoms with Crippen LogP contribution in [0, 0.1) is 0 Å². The first-order valence-corrected chi connectivity index (χ1v) is 12.0. The second kappa shape index (κ2) is 7.43. The molecule has 1 aliphatic carbocycles. The molecule has 2 heterocycles. The Hall–Kier alpha value is -4.17. The van der Waals surface area contributed by atoms with Crippen molar-refractivity contribution in [2.75, 3.05) is 0 Å². The molecule has 1 unspecified atom stereocenters. The van der Waals surface area contributed by atoms with Crippen molar-refractivity contribution in [3.63, 3.8) is 0 Å². The van der Waals surface area contributed by atoms with Crippen molar-refractivity contribution < 1.29 is 0 Å². The summed E-state index contributed by atoms with van der Waals surface area (Å²) < 4.78 is 0. The highest BCUT2D eigenvalue weighted by Gasteiger charge is 2.49. The first kappa shape index (κ1) is 19.3. The quantitative estimate of drug-likeness (QED) is 0.297. The molecule has 0 fully saturated rings. The molecular weight excluding hydrogens is 412 g/mol. The van der Waals surface area contributed by atoms with Gasteiger partial charge < -0.3 is 4.98 Å². The van der Waals surface area contributed by atoms with Gasteiger partial charge in [0.2, 0.25) is 0 Å². The smallest absolute Gasteiger partial charge is 0.0884 e. The van der Waals surface area contributed by atoms with E-state index in [-0.39, 0.29) is 0 Å². The van der Waals surface area contributed by atoms with Crippen LogP contribution in [0.1, 0.15) is 29.5 Å². The van der Waals surface area contributed by atoms with E-state index >= 15 is 0 Å². The molecule has 0 amide bonds. The summed E-state index contributed by atoms with van der Waals surface area (Å²) in [6.45, 7) is 0. The summed E-state index contributed by atoms with van der Waals surface area (Å²) in [6.07, 6.45) is 8.86. The van der Waals surface area contributed by atoms with Gasteiger partial charge in [-0.3, -0.25) is 4.99 Å². The van der Waals surface area contributed by atoms with E-state index in [9.17, 15) is 0 Å². The number of rotatable bonds is 3. The maximum atomic E-state index is 5.38. The van der Waals surface area contributed by atoms with E-state index in [1.807, 2.05) is 0 Å². The Bertz CT molecular complexity index is 1630. The highest BCUT2D eigenvalue weighted by molar-refractivity contribution is 6.21. The molecule has 0 radical (unpaired) electrons. The van der Waals surface area contributed by atoms with Crippen LogP contribution in [0.3, 0.4) is 0 Å². The third-order valence-corrected chi connectivity index (χ3v) is 7.37. The molecule has 1 atom stereocenters. The molecule has 2 aliphatic rings. The van der Waals surface area contributed by atoms with Crippen LogP contribution in [0.2, 0.25) is 0 Å². The molecule has 1 aliphatic heterocycles. The van der Waals surface area contributed by atoms with Gasteiger partial charge in [0.15, 0.2) is 0 Å². The molecule has 2 heteroatoms. The van der Waals surface area contributed by atoms with E-state index < -0.39 is 5.41 Å². The zero-order valence-electron chi connectivity index (χ0n) is 18.8. The predicted octanol–water partition coefficient (Wildman–Crippen LogP) is 8.02. The van der Waals surface area contributed by atoms with E-state index in [1.165, 1.54) is 44.1 Å². The molecule has 0 bridgehead atoms. The Kier molecular flexibility index (Phi) is 4.22. The van der Waals surface area contributed by atoms with Crippen LogP contribution >= 0.6 is 0 Å². The van der Waals surface area contributed by atoms with Crippen LogP contribution in [-0.2, 0) is 5.41 Å². The van der Waals surface area contributed by atoms with E-state index in [0.29, 0.717) is 0 Å². The molecule has 0 saturated carbocycles. The normalized spacial score (nSPS) is 19.3. The Morgan fingerprint density at radius 1 is 0.735 bits per heavy atom. The third-order valence-electron chi connectivity index (χ3n) is 7.37. The second-order valence-electron chi connectivity index (χ2n) is 9.15. The fourth-order valence-corrected chi connectivity index (χ4v) is 5.96. The van der Waals surface area contributed by atoms with Crippen LogP contribution in [0.25, 0.3) is 21.8 Å². The number of fused-ring (bicyclic) bond motifs is 5. The number of nitrogens with one attached hydrogen (secondary N) is 1. The average molecular weight is 437 g/mol. The number of allylic oxidation sites excluding steroid dienone is 4. The van der Waals surface area contributed by atoms with Crippen LogP contribution in [0.15, 0.2) is 126 Å². The number of aromatic nitrogens is 1. The number of para-hydroxylation sites is 1. The van der Waals surface area contributed by atoms with Gasteiger partial charge >= 0.3 is 0 Å². The molecule has 5 aromatic rings. The Morgan fingerprint density at radius 2 is 1.50 bits per heavy atom. The van der Waals surface area contributed by atoms with Gasteiger partial charge in [0.05, 0.1) is 22.3 Å². The average Bonchev–Trinajstić information content (AvgIpc) is 3.47. The van der Waals surface area contributed by atoms with Crippen LogP contribution in [0.5, 0.6) is 0 Å². The fourth-order valence-electron chi connectivity index (χ4n) is 5.96. The van der Waals surface area contributed by atoms with Crippen molar-refractivity contribution in [3.8, 4) is 0 Å². The fraction of sp³-hybridized carbons (Fsp3) is 0.0938. The predicted molar refractivity (Wildman–Crippen MR) is 142 cm³/mol. The highest BCUT2D eigenvalue weighted by Crippen LogP contribution is 2.55. The maximum absolute atomic E-state index is 5.38. The van der Waals surface area contributed by atoms with Crippen molar-refractivity contribution in [1.29, 1.82) is 0 Å². The molecule has 4 aromatic carbocycles. The van der Waals surface area contributed by atoms with Gasteiger partial charge in [-0.05, 0) is 41.7 Å². The highest BCUT2D eigenvalue weighted by atomic mass is 14.9. The van der Waals surface area contributed by atoms with Crippen molar-refractivity contribution in [2.24, 2.45) is 4.99 Å². The van der Waals surface area contributed by atoms with Crippen molar-refractivity contribution in [2.45, 2.75) is 18.3 Å². The minimum absolute atomic E-state index is 0.455. The zero-order valence-corrected chi connectivity index (χ0v) is 18.8. The minimum atomic E-state index is -0.455. The number of aliphatic imine (C=N–C) groups is 1. The minimum Gasteiger partial charge on any atom is -0.354 e. The van der Waals surface area contributed by atoms with Gasteiger partial charge in [-0.2, -0.15) is 0 Å². The largest absolute Gasteiger partial charge is 0.354 e. The topological polar surface area (TPSA) is 28.1 Å². The second-order valence-corrected chi connectivity index (χ2v) is 9.15. The first-order chi connectivity index (χ1) is 16.9. The van der Waals surface area contributed by atoms with Crippen molar-refractivity contribution >= 4 is 33.2 Å². The SMILES string of the molecule is C1=CCCC(C2(c3ccccc3)C(c3ccccc3)=Nc3ccc4c([nH]c5ccccc54)c32)=C1. The Morgan fingerprint density at radius 3 is 2.29 bits per heavy atom. The number of benzene rings is 4. The van der Waals surface area contributed by atoms with E-state index in [0.717, 1.165) is 24.2 Å². The third kappa shape index (κ3) is 2.60. The van der Waals surface area contributed by atoms with Crippen LogP contribution in [-0.4, -0.2) is 10.7 Å². The molecule has 2 nitrogen and oxygen atoms in total. The molecule has 7 rings (SSSR count). The number of H-pyrrole nitrogens is 1. The van der Waals surface area contributed by atoms with Gasteiger partial charge in [-0.15, -0.1) is 0 Å². The van der Waals surface area contributed by atoms with Crippen LogP contribution in [0.4, 0.5) is 5.69 Å². The van der Waals surface area contributed by atoms with Gasteiger partial charge in [0.1, 0.15) is 0 Å². The monoisotopic (exact) mass is 436 g/mol. The number of hydrogen-bond acceptors (Lipinski definition) is 1. The van der Waals surface area contributed by atoms with Crippen molar-refractivity contribution in [1.82, 2.24) is 4.98 Å². The van der Waals surface area contributed by atoms with E-state index in [2.05, 4.69) is 120 Å². The van der Waals surface area contributed by atoms with Crippen molar-refractivity contribution in [3.05, 3.63) is 138 Å². The Balaban J connectivity index is 1.66. The summed E-state index contributed by atoms with van der Waals surface area (Å²) in [5.41, 5.74) is 9.17. The summed E-state index contributed by atoms with van der Waals surface area (Å²) >= 11 is 0. The lowest BCUT2D eigenvalue weighted by Gasteiger charge is -2.37. The summed E-state index contributed by atoms with van der Waals surface area (Å²) in [4.78, 5) is 9.17. The first-order valence-electron chi connectivity index (χ1n) is 12.0. The van der Waals surface area contributed by atoms with Gasteiger partial charge in [-0.1, -0.05) is 103 Å². The summed E-state index contributed by atoms with van der Waals surface area (Å²) in [6, 6.07) is 34.7. The lowest BCUT2D eigenvalue weighted by molar-refractivity contribution is 0.755. The molecule has 34 heavy (non-hydrogen) atoms. The number of hydrogen-bond donors (Lipinski definition) is 1. The summed E-state index contributed by atoms with van der Waals surface area (Å²) in [5.74, 6) is 0. The maximum Gasteiger partial charge on any atom is 0.0884 e. The molecule has 0 spiro atoms. The van der Waals surface area contributed by atoms with E-state index in [4.69, 9.17) is 4.99 Å². The van der Waals surface area contributed by atoms with E-state index in [1.54, 1.807) is 0 Å². The summed E-state index contributed by atoms with van der Waals surface area (Å²) in [5, 5.41) is 2.51. The standard InChI is InChI=1S/C32H24N2/c1-4-12-22(13-5-1)31-32(23-14-6-2-7-15-23,24-16-8-3-9-17-24)29-28(34-31)21-20-26-25-18-10-11-19-27(25)33-30(26)29/h1-8,10-16,18-21,33H,9,17H2. The molecule has 162 valence electrons. The van der Waals surface area contributed by atoms with Gasteiger partial charge in [-0.25, -0.2) is 0 Å². The van der Waals surface area contributed by atoms with Gasteiger partial charge in [0, 0.05) is 21.9 Å². The lowest BCUT2D eigenvalue weighted by Crippen LogP contribution is -2.38. The molecular formula is C32H24N2. The number of nitrogens with zero attached hydrogens (tertiary/aromatic N) is 1. The molecule has 1 N–H and O–H groups in total. The van der Waals surface area contributed by atoms with Gasteiger partial charge in [0.25, 0.3) is 0 Å².